The summed E-state index contributed by atoms with van der Waals surface area (Å²) in [5.41, 5.74) is 0.851. The summed E-state index contributed by atoms with van der Waals surface area (Å²) < 4.78 is 1.81. The maximum absolute atomic E-state index is 12.5. The summed E-state index contributed by atoms with van der Waals surface area (Å²) in [7, 11) is 0. The average molecular weight is 394 g/mol. The first-order chi connectivity index (χ1) is 12.5. The van der Waals surface area contributed by atoms with Gasteiger partial charge in [0.15, 0.2) is 5.16 Å². The van der Waals surface area contributed by atoms with Crippen molar-refractivity contribution in [2.45, 2.75) is 18.5 Å². The van der Waals surface area contributed by atoms with E-state index in [1.54, 1.807) is 24.2 Å². The van der Waals surface area contributed by atoms with Gasteiger partial charge >= 0.3 is 0 Å². The molecule has 0 radical (unpaired) electrons. The van der Waals surface area contributed by atoms with E-state index in [1.165, 1.54) is 11.8 Å². The van der Waals surface area contributed by atoms with Crippen molar-refractivity contribution in [1.29, 1.82) is 0 Å². The van der Waals surface area contributed by atoms with Gasteiger partial charge < -0.3 is 9.80 Å². The maximum atomic E-state index is 12.5. The summed E-state index contributed by atoms with van der Waals surface area (Å²) in [5.74, 6) is 0.378. The molecule has 0 bridgehead atoms. The highest BCUT2D eigenvalue weighted by Gasteiger charge is 2.21. The molecule has 2 heterocycles. The Morgan fingerprint density at radius 2 is 1.96 bits per heavy atom. The molecule has 0 N–H and O–H groups in total. The van der Waals surface area contributed by atoms with Crippen molar-refractivity contribution in [3.63, 3.8) is 0 Å². The number of amides is 2. The highest BCUT2D eigenvalue weighted by molar-refractivity contribution is 7.99. The molecule has 7 nitrogen and oxygen atoms in total. The van der Waals surface area contributed by atoms with Gasteiger partial charge in [-0.1, -0.05) is 29.4 Å². The number of hydrogen-bond donors (Lipinski definition) is 0. The quantitative estimate of drug-likeness (QED) is 0.744. The number of benzene rings is 1. The number of carbonyl (C=O) groups is 2. The van der Waals surface area contributed by atoms with Crippen molar-refractivity contribution in [1.82, 2.24) is 24.6 Å². The topological polar surface area (TPSA) is 71.3 Å². The highest BCUT2D eigenvalue weighted by Crippen LogP contribution is 2.22. The Bertz CT molecular complexity index is 797. The molecule has 0 unspecified atom stereocenters. The van der Waals surface area contributed by atoms with E-state index in [-0.39, 0.29) is 17.6 Å². The molecule has 26 heavy (non-hydrogen) atoms. The number of carbonyl (C=O) groups excluding carboxylic acids is 2. The lowest BCUT2D eigenvalue weighted by molar-refractivity contribution is -0.130. The number of thioether (sulfide) groups is 1. The summed E-state index contributed by atoms with van der Waals surface area (Å²) in [6.07, 6.45) is 2.41. The standard InChI is InChI=1S/C17H20ClN5O2S/c1-13(24)21-6-3-7-22(9-8-21)16(25)11-26-17-20-19-12-23(17)15-5-2-4-14(18)10-15/h2,4-5,10,12H,3,6-9,11H2,1H3. The summed E-state index contributed by atoms with van der Waals surface area (Å²) >= 11 is 7.39. The van der Waals surface area contributed by atoms with E-state index in [0.717, 1.165) is 12.1 Å². The van der Waals surface area contributed by atoms with E-state index in [9.17, 15) is 9.59 Å². The minimum Gasteiger partial charge on any atom is -0.341 e. The van der Waals surface area contributed by atoms with Gasteiger partial charge in [0.1, 0.15) is 6.33 Å². The van der Waals surface area contributed by atoms with Crippen molar-refractivity contribution in [2.75, 3.05) is 31.9 Å². The Labute approximate surface area is 161 Å². The normalized spacial score (nSPS) is 15.0. The predicted octanol–water partition coefficient (Wildman–Crippen LogP) is 2.09. The van der Waals surface area contributed by atoms with Crippen LogP contribution in [-0.4, -0.2) is 68.3 Å². The molecular weight excluding hydrogens is 374 g/mol. The minimum atomic E-state index is 0.0426. The molecule has 1 saturated heterocycles. The third-order valence-electron chi connectivity index (χ3n) is 4.22. The largest absolute Gasteiger partial charge is 0.341 e. The summed E-state index contributed by atoms with van der Waals surface area (Å²) in [5, 5.41) is 9.31. The van der Waals surface area contributed by atoms with Gasteiger partial charge in [-0.05, 0) is 24.6 Å². The van der Waals surface area contributed by atoms with E-state index >= 15 is 0 Å². The van der Waals surface area contributed by atoms with Crippen LogP contribution in [0.5, 0.6) is 0 Å². The van der Waals surface area contributed by atoms with E-state index < -0.39 is 0 Å². The monoisotopic (exact) mass is 393 g/mol. The fraction of sp³-hybridized carbons (Fsp3) is 0.412. The van der Waals surface area contributed by atoms with Crippen LogP contribution in [0.15, 0.2) is 35.7 Å². The fourth-order valence-electron chi connectivity index (χ4n) is 2.83. The number of rotatable bonds is 4. The number of hydrogen-bond acceptors (Lipinski definition) is 5. The smallest absolute Gasteiger partial charge is 0.233 e. The van der Waals surface area contributed by atoms with Crippen LogP contribution in [0.3, 0.4) is 0 Å². The highest BCUT2D eigenvalue weighted by atomic mass is 35.5. The Morgan fingerprint density at radius 1 is 1.19 bits per heavy atom. The lowest BCUT2D eigenvalue weighted by Crippen LogP contribution is -2.37. The van der Waals surface area contributed by atoms with E-state index in [2.05, 4.69) is 10.2 Å². The zero-order valence-electron chi connectivity index (χ0n) is 14.5. The van der Waals surface area contributed by atoms with Crippen LogP contribution in [0, 0.1) is 0 Å². The van der Waals surface area contributed by atoms with Gasteiger partial charge in [0.25, 0.3) is 0 Å². The molecule has 1 aromatic heterocycles. The zero-order chi connectivity index (χ0) is 18.5. The average Bonchev–Trinajstić information content (AvgIpc) is 2.94. The third-order valence-corrected chi connectivity index (χ3v) is 5.38. The number of nitrogens with zero attached hydrogens (tertiary/aromatic N) is 5. The van der Waals surface area contributed by atoms with Crippen molar-refractivity contribution in [3.8, 4) is 5.69 Å². The lowest BCUT2D eigenvalue weighted by Gasteiger charge is -2.21. The van der Waals surface area contributed by atoms with E-state index in [0.29, 0.717) is 36.4 Å². The van der Waals surface area contributed by atoms with Crippen molar-refractivity contribution in [3.05, 3.63) is 35.6 Å². The van der Waals surface area contributed by atoms with Gasteiger partial charge in [-0.2, -0.15) is 0 Å². The van der Waals surface area contributed by atoms with Crippen LogP contribution in [0.25, 0.3) is 5.69 Å². The Morgan fingerprint density at radius 3 is 2.73 bits per heavy atom. The first-order valence-corrected chi connectivity index (χ1v) is 9.73. The second-order valence-corrected chi connectivity index (χ2v) is 7.37. The first-order valence-electron chi connectivity index (χ1n) is 8.36. The van der Waals surface area contributed by atoms with Crippen molar-refractivity contribution >= 4 is 35.2 Å². The zero-order valence-corrected chi connectivity index (χ0v) is 16.0. The Balaban J connectivity index is 1.60. The molecule has 9 heteroatoms. The molecule has 0 aliphatic carbocycles. The molecule has 2 aromatic rings. The van der Waals surface area contributed by atoms with Gasteiger partial charge in [-0.15, -0.1) is 10.2 Å². The molecule has 1 aliphatic rings. The van der Waals surface area contributed by atoms with Gasteiger partial charge in [0.05, 0.1) is 11.4 Å². The lowest BCUT2D eigenvalue weighted by atomic mass is 10.3. The summed E-state index contributed by atoms with van der Waals surface area (Å²) in [6.45, 7) is 4.10. The summed E-state index contributed by atoms with van der Waals surface area (Å²) in [6, 6.07) is 7.39. The molecule has 0 atom stereocenters. The molecular formula is C17H20ClN5O2S. The molecule has 1 aromatic carbocycles. The number of halogens is 1. The van der Waals surface area contributed by atoms with Crippen LogP contribution < -0.4 is 0 Å². The van der Waals surface area contributed by atoms with Crippen LogP contribution in [0.4, 0.5) is 0 Å². The summed E-state index contributed by atoms with van der Waals surface area (Å²) in [4.78, 5) is 27.6. The second kappa shape index (κ2) is 8.55. The maximum Gasteiger partial charge on any atom is 0.233 e. The second-order valence-electron chi connectivity index (χ2n) is 5.99. The molecule has 1 fully saturated rings. The molecule has 3 rings (SSSR count). The van der Waals surface area contributed by atoms with Crippen molar-refractivity contribution in [2.24, 2.45) is 0 Å². The van der Waals surface area contributed by atoms with Crippen molar-refractivity contribution < 1.29 is 9.59 Å². The van der Waals surface area contributed by atoms with Crippen LogP contribution in [0.1, 0.15) is 13.3 Å². The molecule has 2 amide bonds. The van der Waals surface area contributed by atoms with E-state index in [4.69, 9.17) is 11.6 Å². The first kappa shape index (κ1) is 18.7. The third kappa shape index (κ3) is 4.56. The Kier molecular flexibility index (Phi) is 6.16. The van der Waals surface area contributed by atoms with Gasteiger partial charge in [-0.25, -0.2) is 0 Å². The van der Waals surface area contributed by atoms with Crippen LogP contribution in [0.2, 0.25) is 5.02 Å². The van der Waals surface area contributed by atoms with Crippen LogP contribution in [-0.2, 0) is 9.59 Å². The molecule has 0 spiro atoms. The number of aromatic nitrogens is 3. The fourth-order valence-corrected chi connectivity index (χ4v) is 3.84. The molecule has 138 valence electrons. The van der Waals surface area contributed by atoms with Gasteiger partial charge in [0, 0.05) is 38.1 Å². The minimum absolute atomic E-state index is 0.0426. The van der Waals surface area contributed by atoms with E-state index in [1.807, 2.05) is 27.7 Å². The SMILES string of the molecule is CC(=O)N1CCCN(C(=O)CSc2nncn2-c2cccc(Cl)c2)CC1. The molecule has 1 aliphatic heterocycles. The van der Waals surface area contributed by atoms with Crippen LogP contribution >= 0.6 is 23.4 Å². The van der Waals surface area contributed by atoms with Gasteiger partial charge in [-0.3, -0.25) is 14.2 Å². The predicted molar refractivity (Wildman–Crippen MR) is 101 cm³/mol. The van der Waals surface area contributed by atoms with Gasteiger partial charge in [0.2, 0.25) is 11.8 Å². The molecule has 0 saturated carbocycles. The Hall–Kier alpha value is -2.06.